The molecule has 0 aromatic carbocycles. The lowest BCUT2D eigenvalue weighted by Crippen LogP contribution is -2.14. The highest BCUT2D eigenvalue weighted by atomic mass is 35.5. The molecule has 0 saturated carbocycles. The van der Waals surface area contributed by atoms with Gasteiger partial charge in [0.1, 0.15) is 9.84 Å². The molecule has 0 radical (unpaired) electrons. The van der Waals surface area contributed by atoms with Crippen molar-refractivity contribution in [2.75, 3.05) is 36.8 Å². The van der Waals surface area contributed by atoms with Gasteiger partial charge in [0.05, 0.1) is 5.75 Å². The van der Waals surface area contributed by atoms with Crippen LogP contribution in [-0.4, -0.2) is 55.2 Å². The molecule has 0 bridgehead atoms. The first-order chi connectivity index (χ1) is 7.78. The van der Waals surface area contributed by atoms with Crippen molar-refractivity contribution >= 4 is 39.1 Å². The van der Waals surface area contributed by atoms with Crippen LogP contribution >= 0.6 is 23.4 Å². The van der Waals surface area contributed by atoms with E-state index in [0.29, 0.717) is 16.9 Å². The van der Waals surface area contributed by atoms with Gasteiger partial charge in [0, 0.05) is 26.1 Å². The first kappa shape index (κ1) is 14.5. The van der Waals surface area contributed by atoms with Crippen LogP contribution in [0.1, 0.15) is 0 Å². The lowest BCUT2D eigenvalue weighted by Gasteiger charge is -2.10. The molecule has 6 nitrogen and oxygen atoms in total. The van der Waals surface area contributed by atoms with E-state index in [1.165, 1.54) is 18.0 Å². The van der Waals surface area contributed by atoms with Crippen LogP contribution in [-0.2, 0) is 9.84 Å². The largest absolute Gasteiger partial charge is 0.347 e. The van der Waals surface area contributed by atoms with Crippen molar-refractivity contribution < 1.29 is 8.42 Å². The van der Waals surface area contributed by atoms with E-state index in [1.807, 2.05) is 0 Å². The second kappa shape index (κ2) is 5.83. The van der Waals surface area contributed by atoms with Crippen LogP contribution in [0.2, 0.25) is 5.28 Å². The molecule has 17 heavy (non-hydrogen) atoms. The Morgan fingerprint density at radius 1 is 1.29 bits per heavy atom. The maximum absolute atomic E-state index is 11.0. The Balaban J connectivity index is 2.71. The molecule has 96 valence electrons. The van der Waals surface area contributed by atoms with Crippen LogP contribution in [0.25, 0.3) is 0 Å². The van der Waals surface area contributed by atoms with Crippen LogP contribution in [0.4, 0.5) is 5.95 Å². The van der Waals surface area contributed by atoms with Gasteiger partial charge in [-0.3, -0.25) is 0 Å². The maximum Gasteiger partial charge on any atom is 0.230 e. The molecule has 1 aromatic heterocycles. The highest BCUT2D eigenvalue weighted by molar-refractivity contribution is 8.00. The summed E-state index contributed by atoms with van der Waals surface area (Å²) in [6, 6.07) is 0. The fourth-order valence-corrected chi connectivity index (χ4v) is 3.10. The molecule has 1 rings (SSSR count). The van der Waals surface area contributed by atoms with Gasteiger partial charge >= 0.3 is 0 Å². The van der Waals surface area contributed by atoms with Crippen LogP contribution in [0, 0.1) is 0 Å². The molecular formula is C8H13ClN4O2S2. The summed E-state index contributed by atoms with van der Waals surface area (Å²) in [5.41, 5.74) is 0. The first-order valence-electron chi connectivity index (χ1n) is 4.67. The number of hydrogen-bond donors (Lipinski definition) is 0. The predicted octanol–water partition coefficient (Wildman–Crippen LogP) is 0.728. The van der Waals surface area contributed by atoms with Gasteiger partial charge in [0.25, 0.3) is 0 Å². The number of rotatable bonds is 5. The van der Waals surface area contributed by atoms with E-state index in [4.69, 9.17) is 11.6 Å². The molecule has 0 saturated heterocycles. The average molecular weight is 297 g/mol. The molecule has 1 aromatic rings. The van der Waals surface area contributed by atoms with Gasteiger partial charge in [-0.25, -0.2) is 8.42 Å². The zero-order valence-corrected chi connectivity index (χ0v) is 12.1. The van der Waals surface area contributed by atoms with Crippen molar-refractivity contribution in [2.24, 2.45) is 0 Å². The summed E-state index contributed by atoms with van der Waals surface area (Å²) in [5, 5.41) is 0.530. The Morgan fingerprint density at radius 2 is 1.94 bits per heavy atom. The van der Waals surface area contributed by atoms with Crippen LogP contribution in [0.5, 0.6) is 0 Å². The fraction of sp³-hybridized carbons (Fsp3) is 0.625. The number of anilines is 1. The van der Waals surface area contributed by atoms with Crippen molar-refractivity contribution in [1.29, 1.82) is 0 Å². The van der Waals surface area contributed by atoms with Crippen LogP contribution in [0.15, 0.2) is 5.16 Å². The molecule has 0 unspecified atom stereocenters. The minimum atomic E-state index is -2.97. The fourth-order valence-electron chi connectivity index (χ4n) is 0.871. The number of aromatic nitrogens is 3. The van der Waals surface area contributed by atoms with E-state index in [2.05, 4.69) is 15.0 Å². The standard InChI is InChI=1S/C8H13ClN4O2S2/c1-13(2)7-10-6(9)11-8(12-7)16-4-5-17(3,14)15/h4-5H2,1-3H3. The quantitative estimate of drug-likeness (QED) is 0.741. The highest BCUT2D eigenvalue weighted by Crippen LogP contribution is 2.17. The zero-order valence-electron chi connectivity index (χ0n) is 9.71. The zero-order chi connectivity index (χ0) is 13.1. The Kier molecular flexibility index (Phi) is 4.96. The predicted molar refractivity (Wildman–Crippen MR) is 69.6 cm³/mol. The first-order valence-corrected chi connectivity index (χ1v) is 8.10. The molecule has 0 amide bonds. The van der Waals surface area contributed by atoms with E-state index in [-0.39, 0.29) is 11.0 Å². The number of nitrogens with zero attached hydrogens (tertiary/aromatic N) is 4. The molecule has 0 atom stereocenters. The van der Waals surface area contributed by atoms with Gasteiger partial charge in [-0.2, -0.15) is 15.0 Å². The lowest BCUT2D eigenvalue weighted by molar-refractivity contribution is 0.603. The minimum absolute atomic E-state index is 0.0816. The summed E-state index contributed by atoms with van der Waals surface area (Å²) in [6.45, 7) is 0. The summed E-state index contributed by atoms with van der Waals surface area (Å²) < 4.78 is 21.9. The molecule has 0 fully saturated rings. The summed E-state index contributed by atoms with van der Waals surface area (Å²) in [7, 11) is 0.610. The minimum Gasteiger partial charge on any atom is -0.347 e. The Labute approximate surface area is 110 Å². The lowest BCUT2D eigenvalue weighted by atomic mass is 10.8. The molecule has 0 aliphatic carbocycles. The van der Waals surface area contributed by atoms with Crippen molar-refractivity contribution in [3.8, 4) is 0 Å². The summed E-state index contributed by atoms with van der Waals surface area (Å²) in [4.78, 5) is 13.7. The van der Waals surface area contributed by atoms with Crippen LogP contribution < -0.4 is 4.90 Å². The molecule has 0 aliphatic heterocycles. The molecular weight excluding hydrogens is 284 g/mol. The second-order valence-corrected chi connectivity index (χ2v) is 7.22. The van der Waals surface area contributed by atoms with Gasteiger partial charge in [0.15, 0.2) is 5.16 Å². The van der Waals surface area contributed by atoms with Gasteiger partial charge < -0.3 is 4.90 Å². The summed E-state index contributed by atoms with van der Waals surface area (Å²) >= 11 is 6.98. The molecule has 1 heterocycles. The Hall–Kier alpha value is -0.600. The van der Waals surface area contributed by atoms with E-state index >= 15 is 0 Å². The highest BCUT2D eigenvalue weighted by Gasteiger charge is 2.08. The van der Waals surface area contributed by atoms with Crippen molar-refractivity contribution in [1.82, 2.24) is 15.0 Å². The maximum atomic E-state index is 11.0. The number of sulfone groups is 1. The Bertz CT molecular complexity index is 492. The number of halogens is 1. The normalized spacial score (nSPS) is 11.5. The van der Waals surface area contributed by atoms with E-state index in [9.17, 15) is 8.42 Å². The molecule has 0 N–H and O–H groups in total. The van der Waals surface area contributed by atoms with E-state index in [1.54, 1.807) is 19.0 Å². The van der Waals surface area contributed by atoms with Gasteiger partial charge in [-0.1, -0.05) is 11.8 Å². The summed E-state index contributed by atoms with van der Waals surface area (Å²) in [6.07, 6.45) is 1.19. The number of thioether (sulfide) groups is 1. The number of hydrogen-bond acceptors (Lipinski definition) is 7. The van der Waals surface area contributed by atoms with Gasteiger partial charge in [-0.15, -0.1) is 0 Å². The summed E-state index contributed by atoms with van der Waals surface area (Å²) in [5.74, 6) is 0.927. The van der Waals surface area contributed by atoms with E-state index < -0.39 is 9.84 Å². The molecule has 0 aliphatic rings. The van der Waals surface area contributed by atoms with Gasteiger partial charge in [-0.05, 0) is 11.6 Å². The topological polar surface area (TPSA) is 76.1 Å². The SMILES string of the molecule is CN(C)c1nc(Cl)nc(SCCS(C)(=O)=O)n1. The Morgan fingerprint density at radius 3 is 2.47 bits per heavy atom. The second-order valence-electron chi connectivity index (χ2n) is 3.56. The molecule has 9 heteroatoms. The average Bonchev–Trinajstić information content (AvgIpc) is 2.14. The molecule has 0 spiro atoms. The smallest absolute Gasteiger partial charge is 0.230 e. The third-order valence-corrected chi connectivity index (χ3v) is 3.88. The third-order valence-electron chi connectivity index (χ3n) is 1.66. The van der Waals surface area contributed by atoms with Crippen molar-refractivity contribution in [3.63, 3.8) is 0 Å². The van der Waals surface area contributed by atoms with Crippen molar-refractivity contribution in [3.05, 3.63) is 5.28 Å². The van der Waals surface area contributed by atoms with Crippen molar-refractivity contribution in [2.45, 2.75) is 5.16 Å². The van der Waals surface area contributed by atoms with Crippen LogP contribution in [0.3, 0.4) is 0 Å². The monoisotopic (exact) mass is 296 g/mol. The van der Waals surface area contributed by atoms with Gasteiger partial charge in [0.2, 0.25) is 11.2 Å². The third kappa shape index (κ3) is 5.51. The van der Waals surface area contributed by atoms with E-state index in [0.717, 1.165) is 0 Å².